The molecule has 3 heteroatoms. The van der Waals surface area contributed by atoms with Gasteiger partial charge in [0.15, 0.2) is 0 Å². The molecule has 0 heterocycles. The van der Waals surface area contributed by atoms with Crippen molar-refractivity contribution >= 4 is 5.97 Å². The van der Waals surface area contributed by atoms with Crippen LogP contribution in [0.3, 0.4) is 0 Å². The van der Waals surface area contributed by atoms with Crippen LogP contribution in [0, 0.1) is 23.2 Å². The van der Waals surface area contributed by atoms with Crippen molar-refractivity contribution in [2.75, 3.05) is 0 Å². The highest BCUT2D eigenvalue weighted by atomic mass is 16.4. The van der Waals surface area contributed by atoms with Gasteiger partial charge in [-0.3, -0.25) is 4.79 Å². The summed E-state index contributed by atoms with van der Waals surface area (Å²) in [6, 6.07) is 0.115. The molecule has 3 aliphatic carbocycles. The van der Waals surface area contributed by atoms with E-state index in [9.17, 15) is 9.90 Å². The van der Waals surface area contributed by atoms with Gasteiger partial charge in [0.2, 0.25) is 0 Å². The molecule has 0 aliphatic heterocycles. The van der Waals surface area contributed by atoms with E-state index in [1.807, 2.05) is 0 Å². The van der Waals surface area contributed by atoms with E-state index in [1.165, 1.54) is 6.42 Å². The molecule has 0 aromatic carbocycles. The molecule has 2 fully saturated rings. The molecule has 3 atom stereocenters. The monoisotopic (exact) mass is 207 g/mol. The predicted octanol–water partition coefficient (Wildman–Crippen LogP) is 1.39. The number of aliphatic carboxylic acids is 1. The minimum Gasteiger partial charge on any atom is -0.481 e. The third-order valence-electron chi connectivity index (χ3n) is 4.67. The van der Waals surface area contributed by atoms with Crippen molar-refractivity contribution in [1.82, 2.24) is 0 Å². The van der Waals surface area contributed by atoms with Gasteiger partial charge >= 0.3 is 5.97 Å². The van der Waals surface area contributed by atoms with Crippen molar-refractivity contribution in [3.05, 3.63) is 12.2 Å². The Kier molecular flexibility index (Phi) is 1.78. The lowest BCUT2D eigenvalue weighted by Crippen LogP contribution is -2.55. The molecule has 82 valence electrons. The van der Waals surface area contributed by atoms with Crippen LogP contribution in [0.2, 0.25) is 0 Å². The number of carbonyl (C=O) groups is 1. The van der Waals surface area contributed by atoms with Crippen molar-refractivity contribution < 1.29 is 9.90 Å². The van der Waals surface area contributed by atoms with Crippen molar-refractivity contribution in [2.45, 2.75) is 31.7 Å². The van der Waals surface area contributed by atoms with E-state index >= 15 is 0 Å². The van der Waals surface area contributed by atoms with Gasteiger partial charge in [-0.2, -0.15) is 0 Å². The van der Waals surface area contributed by atoms with E-state index in [4.69, 9.17) is 5.73 Å². The number of hydrogen-bond donors (Lipinski definition) is 2. The van der Waals surface area contributed by atoms with E-state index in [0.717, 1.165) is 6.42 Å². The summed E-state index contributed by atoms with van der Waals surface area (Å²) in [4.78, 5) is 11.4. The number of hydrogen-bond acceptors (Lipinski definition) is 2. The minimum absolute atomic E-state index is 0.115. The van der Waals surface area contributed by atoms with Gasteiger partial charge in [0, 0.05) is 6.04 Å². The number of fused-ring (bicyclic) bond motifs is 2. The molecule has 3 unspecified atom stereocenters. The maximum Gasteiger partial charge on any atom is 0.310 e. The third kappa shape index (κ3) is 1.13. The Morgan fingerprint density at radius 3 is 2.47 bits per heavy atom. The number of carboxylic acid groups (broad SMARTS) is 1. The number of rotatable bonds is 2. The number of carboxylic acids is 1. The second kappa shape index (κ2) is 2.85. The molecular weight excluding hydrogens is 190 g/mol. The Labute approximate surface area is 89.3 Å². The third-order valence-corrected chi connectivity index (χ3v) is 4.67. The zero-order chi connectivity index (χ0) is 10.6. The molecule has 3 N–H and O–H groups in total. The van der Waals surface area contributed by atoms with E-state index in [0.29, 0.717) is 30.6 Å². The zero-order valence-electron chi connectivity index (χ0n) is 8.73. The van der Waals surface area contributed by atoms with Gasteiger partial charge in [-0.1, -0.05) is 12.2 Å². The summed E-state index contributed by atoms with van der Waals surface area (Å²) < 4.78 is 0. The van der Waals surface area contributed by atoms with E-state index in [-0.39, 0.29) is 6.04 Å². The van der Waals surface area contributed by atoms with E-state index in [2.05, 4.69) is 12.2 Å². The van der Waals surface area contributed by atoms with Crippen molar-refractivity contribution in [3.63, 3.8) is 0 Å². The lowest BCUT2D eigenvalue weighted by atomic mass is 9.56. The Morgan fingerprint density at radius 2 is 2.07 bits per heavy atom. The average molecular weight is 207 g/mol. The van der Waals surface area contributed by atoms with Crippen LogP contribution in [0.4, 0.5) is 0 Å². The molecule has 15 heavy (non-hydrogen) atoms. The second-order valence-electron chi connectivity index (χ2n) is 5.52. The summed E-state index contributed by atoms with van der Waals surface area (Å²) >= 11 is 0. The normalized spacial score (nSPS) is 51.8. The first-order valence-electron chi connectivity index (χ1n) is 5.79. The topological polar surface area (TPSA) is 63.3 Å². The van der Waals surface area contributed by atoms with Crippen LogP contribution in [0.15, 0.2) is 12.2 Å². The Hall–Kier alpha value is -0.830. The maximum absolute atomic E-state index is 11.4. The average Bonchev–Trinajstić information content (AvgIpc) is 2.72. The molecule has 0 aromatic heterocycles. The Balaban J connectivity index is 1.86. The Bertz CT molecular complexity index is 331. The molecule has 0 saturated heterocycles. The van der Waals surface area contributed by atoms with Gasteiger partial charge in [0.05, 0.1) is 5.41 Å². The summed E-state index contributed by atoms with van der Waals surface area (Å²) in [6.07, 6.45) is 8.10. The fourth-order valence-corrected chi connectivity index (χ4v) is 3.93. The molecule has 0 aromatic rings. The largest absolute Gasteiger partial charge is 0.481 e. The van der Waals surface area contributed by atoms with Crippen molar-refractivity contribution in [3.8, 4) is 0 Å². The van der Waals surface area contributed by atoms with Gasteiger partial charge in [-0.25, -0.2) is 0 Å². The highest BCUT2D eigenvalue weighted by Crippen LogP contribution is 2.58. The van der Waals surface area contributed by atoms with Crippen LogP contribution in [0.5, 0.6) is 0 Å². The first kappa shape index (κ1) is 9.40. The highest BCUT2D eigenvalue weighted by molar-refractivity contribution is 5.77. The molecule has 2 saturated carbocycles. The second-order valence-corrected chi connectivity index (χ2v) is 5.52. The summed E-state index contributed by atoms with van der Waals surface area (Å²) in [6.45, 7) is 0. The fourth-order valence-electron chi connectivity index (χ4n) is 3.93. The number of nitrogens with two attached hydrogens (primary N) is 1. The van der Waals surface area contributed by atoms with E-state index < -0.39 is 11.4 Å². The van der Waals surface area contributed by atoms with Crippen molar-refractivity contribution in [1.29, 1.82) is 0 Å². The fraction of sp³-hybridized carbons (Fsp3) is 0.750. The minimum atomic E-state index is -0.616. The van der Waals surface area contributed by atoms with Gasteiger partial charge in [0.25, 0.3) is 0 Å². The summed E-state index contributed by atoms with van der Waals surface area (Å²) in [5.74, 6) is 0.895. The van der Waals surface area contributed by atoms with E-state index in [1.54, 1.807) is 0 Å². The van der Waals surface area contributed by atoms with Gasteiger partial charge in [-0.15, -0.1) is 0 Å². The quantitative estimate of drug-likeness (QED) is 0.672. The smallest absolute Gasteiger partial charge is 0.310 e. The molecule has 2 bridgehead atoms. The molecule has 0 spiro atoms. The lowest BCUT2D eigenvalue weighted by Gasteiger charge is -2.48. The molecule has 3 rings (SSSR count). The van der Waals surface area contributed by atoms with Crippen molar-refractivity contribution in [2.24, 2.45) is 28.9 Å². The highest BCUT2D eigenvalue weighted by Gasteiger charge is 2.58. The Morgan fingerprint density at radius 1 is 1.33 bits per heavy atom. The van der Waals surface area contributed by atoms with Gasteiger partial charge in [-0.05, 0) is 43.4 Å². The first-order chi connectivity index (χ1) is 7.12. The standard InChI is InChI=1S/C12H17NO2/c13-9-5-12(6-9,11(14)15)10-4-7-1-2-8(10)3-7/h1-2,7-10H,3-6,13H2,(H,14,15). The maximum atomic E-state index is 11.4. The van der Waals surface area contributed by atoms with Crippen LogP contribution in [0.1, 0.15) is 25.7 Å². The van der Waals surface area contributed by atoms with Gasteiger partial charge < -0.3 is 10.8 Å². The van der Waals surface area contributed by atoms with Crippen LogP contribution in [-0.4, -0.2) is 17.1 Å². The van der Waals surface area contributed by atoms with Crippen LogP contribution < -0.4 is 5.73 Å². The molecular formula is C12H17NO2. The molecule has 0 radical (unpaired) electrons. The molecule has 3 nitrogen and oxygen atoms in total. The number of allylic oxidation sites excluding steroid dienone is 2. The summed E-state index contributed by atoms with van der Waals surface area (Å²) in [5.41, 5.74) is 5.29. The van der Waals surface area contributed by atoms with Gasteiger partial charge in [0.1, 0.15) is 0 Å². The van der Waals surface area contributed by atoms with Crippen LogP contribution >= 0.6 is 0 Å². The van der Waals surface area contributed by atoms with Crippen LogP contribution in [-0.2, 0) is 4.79 Å². The zero-order valence-corrected chi connectivity index (χ0v) is 8.73. The molecule has 0 amide bonds. The van der Waals surface area contributed by atoms with Crippen LogP contribution in [0.25, 0.3) is 0 Å². The molecule has 3 aliphatic rings. The first-order valence-corrected chi connectivity index (χ1v) is 5.79. The summed E-state index contributed by atoms with van der Waals surface area (Å²) in [7, 11) is 0. The lowest BCUT2D eigenvalue weighted by molar-refractivity contribution is -0.162. The predicted molar refractivity (Wildman–Crippen MR) is 56.1 cm³/mol. The summed E-state index contributed by atoms with van der Waals surface area (Å²) in [5, 5.41) is 9.41. The SMILES string of the molecule is NC1CC(C(=O)O)(C2CC3C=CC2C3)C1.